The summed E-state index contributed by atoms with van der Waals surface area (Å²) in [5.41, 5.74) is 0.313. The zero-order valence-electron chi connectivity index (χ0n) is 5.10. The third-order valence-corrected chi connectivity index (χ3v) is 0.938. The highest BCUT2D eigenvalue weighted by atomic mass is 16.2. The van der Waals surface area contributed by atoms with Gasteiger partial charge in [-0.1, -0.05) is 6.92 Å². The summed E-state index contributed by atoms with van der Waals surface area (Å²) in [6, 6.07) is 0. The van der Waals surface area contributed by atoms with Crippen LogP contribution in [0.4, 0.5) is 0 Å². The average Bonchev–Trinajstić information content (AvgIpc) is 1.84. The Hall–Kier alpha value is -0.790. The second kappa shape index (κ2) is 3.24. The lowest BCUT2D eigenvalue weighted by Gasteiger charge is -1.97. The monoisotopic (exact) mass is 113 g/mol. The van der Waals surface area contributed by atoms with Gasteiger partial charge in [0.15, 0.2) is 5.78 Å². The van der Waals surface area contributed by atoms with Crippen molar-refractivity contribution < 1.29 is 9.90 Å². The lowest BCUT2D eigenvalue weighted by molar-refractivity contribution is -0.276. The molecule has 0 heterocycles. The van der Waals surface area contributed by atoms with Crippen molar-refractivity contribution in [3.63, 3.8) is 0 Å². The van der Waals surface area contributed by atoms with Gasteiger partial charge in [-0.2, -0.15) is 0 Å². The standard InChI is InChI=1S/C6H10O2/c1-3-6(8)5(2)4-7/h4,7H,3H2,1-2H3/p-1/b5-4+. The average molecular weight is 113 g/mol. The fraction of sp³-hybridized carbons (Fsp3) is 0.500. The van der Waals surface area contributed by atoms with Gasteiger partial charge >= 0.3 is 0 Å². The van der Waals surface area contributed by atoms with Crippen LogP contribution in [0.15, 0.2) is 11.8 Å². The van der Waals surface area contributed by atoms with Crippen molar-refractivity contribution in [2.24, 2.45) is 0 Å². The summed E-state index contributed by atoms with van der Waals surface area (Å²) >= 11 is 0. The van der Waals surface area contributed by atoms with Crippen LogP contribution in [-0.4, -0.2) is 5.78 Å². The Bertz CT molecular complexity index is 114. The molecular weight excluding hydrogens is 104 g/mol. The molecule has 0 unspecified atom stereocenters. The number of Topliss-reactive ketones (excluding diaryl/α,β-unsaturated/α-hetero) is 1. The van der Waals surface area contributed by atoms with E-state index in [-0.39, 0.29) is 5.78 Å². The normalized spacial score (nSPS) is 11.5. The van der Waals surface area contributed by atoms with E-state index in [0.717, 1.165) is 0 Å². The van der Waals surface area contributed by atoms with Crippen LogP contribution in [0, 0.1) is 0 Å². The highest BCUT2D eigenvalue weighted by molar-refractivity contribution is 5.94. The fourth-order valence-electron chi connectivity index (χ4n) is 0.345. The maximum atomic E-state index is 10.5. The molecule has 0 fully saturated rings. The first kappa shape index (κ1) is 7.21. The maximum Gasteiger partial charge on any atom is 0.157 e. The van der Waals surface area contributed by atoms with Gasteiger partial charge in [0, 0.05) is 6.42 Å². The van der Waals surface area contributed by atoms with E-state index < -0.39 is 0 Å². The molecule has 0 aliphatic rings. The molecule has 0 spiro atoms. The highest BCUT2D eigenvalue weighted by Crippen LogP contribution is 1.93. The van der Waals surface area contributed by atoms with E-state index in [1.165, 1.54) is 6.92 Å². The minimum Gasteiger partial charge on any atom is -0.878 e. The predicted octanol–water partition coefficient (Wildman–Crippen LogP) is 0.230. The molecular formula is C6H9O2-. The first-order valence-electron chi connectivity index (χ1n) is 2.54. The molecule has 0 aliphatic carbocycles. The number of carbonyl (C=O) groups is 1. The topological polar surface area (TPSA) is 40.1 Å². The molecule has 46 valence electrons. The van der Waals surface area contributed by atoms with Crippen LogP contribution in [0.5, 0.6) is 0 Å². The van der Waals surface area contributed by atoms with E-state index in [2.05, 4.69) is 0 Å². The summed E-state index contributed by atoms with van der Waals surface area (Å²) in [6.07, 6.45) is 1.01. The quantitative estimate of drug-likeness (QED) is 0.380. The van der Waals surface area contributed by atoms with E-state index >= 15 is 0 Å². The zero-order valence-corrected chi connectivity index (χ0v) is 5.10. The lowest BCUT2D eigenvalue weighted by atomic mass is 10.2. The van der Waals surface area contributed by atoms with Crippen molar-refractivity contribution >= 4 is 5.78 Å². The van der Waals surface area contributed by atoms with E-state index in [9.17, 15) is 9.90 Å². The molecule has 0 saturated heterocycles. The Morgan fingerprint density at radius 1 is 1.75 bits per heavy atom. The van der Waals surface area contributed by atoms with E-state index in [0.29, 0.717) is 18.3 Å². The number of ketones is 1. The smallest absolute Gasteiger partial charge is 0.157 e. The number of rotatable bonds is 2. The highest BCUT2D eigenvalue weighted by Gasteiger charge is 1.94. The van der Waals surface area contributed by atoms with Crippen molar-refractivity contribution in [1.82, 2.24) is 0 Å². The van der Waals surface area contributed by atoms with Gasteiger partial charge in [0.25, 0.3) is 0 Å². The van der Waals surface area contributed by atoms with Gasteiger partial charge in [-0.3, -0.25) is 4.79 Å². The van der Waals surface area contributed by atoms with Gasteiger partial charge in [0.1, 0.15) is 0 Å². The maximum absolute atomic E-state index is 10.5. The first-order valence-corrected chi connectivity index (χ1v) is 2.54. The second-order valence-electron chi connectivity index (χ2n) is 1.58. The Balaban J connectivity index is 3.83. The molecule has 0 aromatic heterocycles. The van der Waals surface area contributed by atoms with E-state index in [1.54, 1.807) is 6.92 Å². The third kappa shape index (κ3) is 1.78. The van der Waals surface area contributed by atoms with Crippen LogP contribution in [0.25, 0.3) is 0 Å². The summed E-state index contributed by atoms with van der Waals surface area (Å²) in [7, 11) is 0. The first-order chi connectivity index (χ1) is 3.72. The van der Waals surface area contributed by atoms with Gasteiger partial charge in [-0.15, -0.1) is 6.26 Å². The Morgan fingerprint density at radius 3 is 2.38 bits per heavy atom. The van der Waals surface area contributed by atoms with Crippen molar-refractivity contribution in [3.05, 3.63) is 11.8 Å². The molecule has 0 saturated carbocycles. The van der Waals surface area contributed by atoms with Crippen molar-refractivity contribution in [2.75, 3.05) is 0 Å². The number of hydrogen-bond acceptors (Lipinski definition) is 2. The van der Waals surface area contributed by atoms with Crippen molar-refractivity contribution in [1.29, 1.82) is 0 Å². The zero-order chi connectivity index (χ0) is 6.57. The predicted molar refractivity (Wildman–Crippen MR) is 29.1 cm³/mol. The van der Waals surface area contributed by atoms with Crippen LogP contribution in [0.2, 0.25) is 0 Å². The minimum atomic E-state index is -0.0694. The van der Waals surface area contributed by atoms with E-state index in [4.69, 9.17) is 0 Å². The molecule has 0 rings (SSSR count). The Labute approximate surface area is 48.8 Å². The number of hydrogen-bond donors (Lipinski definition) is 0. The summed E-state index contributed by atoms with van der Waals surface area (Å²) in [6.45, 7) is 3.26. The van der Waals surface area contributed by atoms with Gasteiger partial charge in [0.2, 0.25) is 0 Å². The SMILES string of the molecule is CCC(=O)/C(C)=C/[O-]. The van der Waals surface area contributed by atoms with Gasteiger partial charge in [0.05, 0.1) is 0 Å². The molecule has 0 aromatic rings. The summed E-state index contributed by atoms with van der Waals surface area (Å²) in [5, 5.41) is 9.85. The van der Waals surface area contributed by atoms with Crippen LogP contribution in [0.3, 0.4) is 0 Å². The molecule has 8 heavy (non-hydrogen) atoms. The third-order valence-electron chi connectivity index (χ3n) is 0.938. The second-order valence-corrected chi connectivity index (χ2v) is 1.58. The summed E-state index contributed by atoms with van der Waals surface area (Å²) in [4.78, 5) is 10.5. The van der Waals surface area contributed by atoms with Crippen LogP contribution in [0.1, 0.15) is 20.3 Å². The van der Waals surface area contributed by atoms with Crippen molar-refractivity contribution in [2.45, 2.75) is 20.3 Å². The Kier molecular flexibility index (Phi) is 2.92. The molecule has 2 heteroatoms. The van der Waals surface area contributed by atoms with Crippen LogP contribution in [-0.2, 0) is 4.79 Å². The molecule has 0 atom stereocenters. The van der Waals surface area contributed by atoms with Gasteiger partial charge < -0.3 is 5.11 Å². The van der Waals surface area contributed by atoms with Gasteiger partial charge in [-0.05, 0) is 12.5 Å². The fourth-order valence-corrected chi connectivity index (χ4v) is 0.345. The summed E-state index contributed by atoms with van der Waals surface area (Å²) < 4.78 is 0. The number of carbonyl (C=O) groups excluding carboxylic acids is 1. The molecule has 0 amide bonds. The lowest BCUT2D eigenvalue weighted by Crippen LogP contribution is -2.00. The largest absolute Gasteiger partial charge is 0.878 e. The molecule has 2 nitrogen and oxygen atoms in total. The molecule has 0 bridgehead atoms. The Morgan fingerprint density at radius 2 is 2.25 bits per heavy atom. The molecule has 0 N–H and O–H groups in total. The molecule has 0 aliphatic heterocycles. The minimum absolute atomic E-state index is 0.0694. The number of allylic oxidation sites excluding steroid dienone is 1. The van der Waals surface area contributed by atoms with Gasteiger partial charge in [-0.25, -0.2) is 0 Å². The van der Waals surface area contributed by atoms with Crippen LogP contribution >= 0.6 is 0 Å². The molecule has 0 aromatic carbocycles. The summed E-state index contributed by atoms with van der Waals surface area (Å²) in [5.74, 6) is -0.0694. The molecule has 0 radical (unpaired) electrons. The van der Waals surface area contributed by atoms with E-state index in [1.807, 2.05) is 0 Å². The van der Waals surface area contributed by atoms with Crippen molar-refractivity contribution in [3.8, 4) is 0 Å². The van der Waals surface area contributed by atoms with Crippen LogP contribution < -0.4 is 5.11 Å².